The van der Waals surface area contributed by atoms with Gasteiger partial charge in [-0.05, 0) is 41.0 Å². The average Bonchev–Trinajstić information content (AvgIpc) is 2.60. The molecule has 5 heteroatoms. The molecule has 0 amide bonds. The summed E-state index contributed by atoms with van der Waals surface area (Å²) in [6.07, 6.45) is 3.79. The van der Waals surface area contributed by atoms with E-state index in [1.54, 1.807) is 6.33 Å². The number of hydrogen-bond donors (Lipinski definition) is 0. The minimum atomic E-state index is 0.344. The Bertz CT molecular complexity index is 433. The lowest BCUT2D eigenvalue weighted by Gasteiger charge is -2.07. The summed E-state index contributed by atoms with van der Waals surface area (Å²) in [4.78, 5) is 0. The fourth-order valence-corrected chi connectivity index (χ4v) is 2.54. The molecule has 0 fully saturated rings. The maximum Gasteiger partial charge on any atom is 0.174 e. The van der Waals surface area contributed by atoms with Crippen molar-refractivity contribution in [3.63, 3.8) is 0 Å². The van der Waals surface area contributed by atoms with Gasteiger partial charge in [-0.1, -0.05) is 24.6 Å². The van der Waals surface area contributed by atoms with Crippen molar-refractivity contribution in [1.29, 1.82) is 0 Å². The van der Waals surface area contributed by atoms with Crippen LogP contribution >= 0.6 is 34.2 Å². The molecular weight excluding hydrogens is 312 g/mol. The molecule has 0 spiro atoms. The van der Waals surface area contributed by atoms with Gasteiger partial charge in [0.25, 0.3) is 0 Å². The summed E-state index contributed by atoms with van der Waals surface area (Å²) >= 11 is 8.49. The van der Waals surface area contributed by atoms with Gasteiger partial charge in [-0.25, -0.2) is 0 Å². The van der Waals surface area contributed by atoms with Gasteiger partial charge in [0.05, 0.1) is 3.58 Å². The van der Waals surface area contributed by atoms with Crippen LogP contribution < -0.4 is 0 Å². The minimum Gasteiger partial charge on any atom is -0.271 e. The lowest BCUT2D eigenvalue weighted by atomic mass is 10.0. The Morgan fingerprint density at radius 3 is 3.00 bits per heavy atom. The number of rotatable bonds is 0. The van der Waals surface area contributed by atoms with Crippen LogP contribution in [-0.2, 0) is 0 Å². The van der Waals surface area contributed by atoms with Crippen molar-refractivity contribution in [2.75, 3.05) is 0 Å². The van der Waals surface area contributed by atoms with Crippen LogP contribution in [0.15, 0.2) is 18.0 Å². The molecule has 1 aliphatic heterocycles. The molecule has 1 atom stereocenters. The molecule has 0 saturated carbocycles. The van der Waals surface area contributed by atoms with Crippen molar-refractivity contribution in [2.45, 2.75) is 13.8 Å². The van der Waals surface area contributed by atoms with Gasteiger partial charge in [-0.15, -0.1) is 10.2 Å². The number of aromatic nitrogens is 3. The number of fused-ring (bicyclic) bond motifs is 1. The van der Waals surface area contributed by atoms with Crippen LogP contribution in [0.2, 0.25) is 0 Å². The Labute approximate surface area is 101 Å². The first-order chi connectivity index (χ1) is 6.61. The highest BCUT2D eigenvalue weighted by Gasteiger charge is 2.19. The molecule has 3 nitrogen and oxygen atoms in total. The van der Waals surface area contributed by atoms with Crippen LogP contribution in [0.1, 0.15) is 19.7 Å². The molecule has 0 radical (unpaired) electrons. The zero-order valence-corrected chi connectivity index (χ0v) is 10.7. The van der Waals surface area contributed by atoms with Crippen molar-refractivity contribution in [2.24, 2.45) is 5.92 Å². The van der Waals surface area contributed by atoms with Gasteiger partial charge >= 0.3 is 0 Å². The largest absolute Gasteiger partial charge is 0.271 e. The monoisotopic (exact) mass is 321 g/mol. The first-order valence-corrected chi connectivity index (χ1v) is 5.71. The highest BCUT2D eigenvalue weighted by Crippen LogP contribution is 2.33. The number of halogens is 2. The van der Waals surface area contributed by atoms with Gasteiger partial charge in [0, 0.05) is 0 Å². The second-order valence-electron chi connectivity index (χ2n) is 3.30. The van der Waals surface area contributed by atoms with E-state index < -0.39 is 0 Å². The fourth-order valence-electron chi connectivity index (χ4n) is 1.34. The SMILES string of the molecule is CC1=C(Cl)n2cnnc2C(I)=CC1C. The predicted molar refractivity (Wildman–Crippen MR) is 65.9 cm³/mol. The molecule has 14 heavy (non-hydrogen) atoms. The Morgan fingerprint density at radius 2 is 2.29 bits per heavy atom. The second kappa shape index (κ2) is 3.66. The molecule has 1 aromatic rings. The standard InChI is InChI=1S/C9H9ClIN3/c1-5-3-7(11)9-13-12-4-14(9)8(10)6(5)2/h3-5H,1-2H3. The quantitative estimate of drug-likeness (QED) is 0.687. The third kappa shape index (κ3) is 1.50. The molecule has 2 heterocycles. The third-order valence-corrected chi connectivity index (χ3v) is 3.70. The van der Waals surface area contributed by atoms with E-state index in [2.05, 4.69) is 45.8 Å². The predicted octanol–water partition coefficient (Wildman–Crippen LogP) is 3.13. The molecule has 2 rings (SSSR count). The van der Waals surface area contributed by atoms with Crippen LogP contribution in [0.3, 0.4) is 0 Å². The van der Waals surface area contributed by atoms with Crippen LogP contribution in [-0.4, -0.2) is 14.8 Å². The van der Waals surface area contributed by atoms with Gasteiger partial charge in [0.2, 0.25) is 0 Å². The lowest BCUT2D eigenvalue weighted by molar-refractivity contribution is 0.868. The molecule has 0 aromatic carbocycles. The van der Waals surface area contributed by atoms with Gasteiger partial charge < -0.3 is 0 Å². The molecule has 1 aliphatic rings. The molecule has 0 saturated heterocycles. The van der Waals surface area contributed by atoms with Crippen LogP contribution in [0.5, 0.6) is 0 Å². The van der Waals surface area contributed by atoms with Gasteiger partial charge in [0.1, 0.15) is 11.5 Å². The summed E-state index contributed by atoms with van der Waals surface area (Å²) in [5.41, 5.74) is 1.14. The van der Waals surface area contributed by atoms with Gasteiger partial charge in [-0.3, -0.25) is 4.57 Å². The topological polar surface area (TPSA) is 30.7 Å². The first-order valence-electron chi connectivity index (χ1n) is 4.25. The van der Waals surface area contributed by atoms with Crippen molar-refractivity contribution >= 4 is 42.9 Å². The average molecular weight is 322 g/mol. The summed E-state index contributed by atoms with van der Waals surface area (Å²) < 4.78 is 2.90. The van der Waals surface area contributed by atoms with Crippen molar-refractivity contribution in [3.8, 4) is 0 Å². The Morgan fingerprint density at radius 1 is 1.57 bits per heavy atom. The van der Waals surface area contributed by atoms with Crippen molar-refractivity contribution in [3.05, 3.63) is 23.8 Å². The Balaban J connectivity index is 2.68. The van der Waals surface area contributed by atoms with Crippen LogP contribution in [0.4, 0.5) is 0 Å². The van der Waals surface area contributed by atoms with E-state index in [1.807, 2.05) is 11.5 Å². The van der Waals surface area contributed by atoms with Crippen LogP contribution in [0.25, 0.3) is 8.74 Å². The Hall–Kier alpha value is -0.360. The maximum absolute atomic E-state index is 6.23. The van der Waals surface area contributed by atoms with E-state index >= 15 is 0 Å². The van der Waals surface area contributed by atoms with Gasteiger partial charge in [0.15, 0.2) is 5.82 Å². The number of nitrogens with zero attached hydrogens (tertiary/aromatic N) is 3. The zero-order chi connectivity index (χ0) is 10.3. The van der Waals surface area contributed by atoms with Crippen molar-refractivity contribution < 1.29 is 0 Å². The zero-order valence-electron chi connectivity index (χ0n) is 7.83. The van der Waals surface area contributed by atoms with Gasteiger partial charge in [-0.2, -0.15) is 0 Å². The maximum atomic E-state index is 6.23. The summed E-state index contributed by atoms with van der Waals surface area (Å²) in [5.74, 6) is 1.16. The number of hydrogen-bond acceptors (Lipinski definition) is 2. The summed E-state index contributed by atoms with van der Waals surface area (Å²) in [5, 5.41) is 8.60. The highest BCUT2D eigenvalue weighted by atomic mass is 127. The second-order valence-corrected chi connectivity index (χ2v) is 4.82. The van der Waals surface area contributed by atoms with E-state index in [9.17, 15) is 0 Å². The lowest BCUT2D eigenvalue weighted by Crippen LogP contribution is -1.97. The first kappa shape index (κ1) is 10.2. The van der Waals surface area contributed by atoms with E-state index in [0.29, 0.717) is 11.1 Å². The third-order valence-electron chi connectivity index (χ3n) is 2.38. The number of allylic oxidation sites excluding steroid dienone is 2. The normalized spacial score (nSPS) is 21.7. The molecular formula is C9H9ClIN3. The van der Waals surface area contributed by atoms with E-state index in [0.717, 1.165) is 15.0 Å². The van der Waals surface area contributed by atoms with E-state index in [1.165, 1.54) is 0 Å². The highest BCUT2D eigenvalue weighted by molar-refractivity contribution is 14.1. The molecule has 74 valence electrons. The van der Waals surface area contributed by atoms with E-state index in [4.69, 9.17) is 11.6 Å². The fraction of sp³-hybridized carbons (Fsp3) is 0.333. The minimum absolute atomic E-state index is 0.344. The van der Waals surface area contributed by atoms with E-state index in [-0.39, 0.29) is 0 Å². The summed E-state index contributed by atoms with van der Waals surface area (Å²) in [6, 6.07) is 0. The molecule has 0 bridgehead atoms. The van der Waals surface area contributed by atoms with Crippen LogP contribution in [0, 0.1) is 5.92 Å². The molecule has 1 aromatic heterocycles. The smallest absolute Gasteiger partial charge is 0.174 e. The summed E-state index contributed by atoms with van der Waals surface area (Å²) in [7, 11) is 0. The van der Waals surface area contributed by atoms with Crippen molar-refractivity contribution in [1.82, 2.24) is 14.8 Å². The molecule has 0 N–H and O–H groups in total. The molecule has 1 unspecified atom stereocenters. The molecule has 0 aliphatic carbocycles. The Kier molecular flexibility index (Phi) is 2.66. The summed E-state index contributed by atoms with van der Waals surface area (Å²) in [6.45, 7) is 4.15.